The minimum Gasteiger partial charge on any atom is -0.451 e. The van der Waals surface area contributed by atoms with Gasteiger partial charge in [0.05, 0.1) is 24.3 Å². The van der Waals surface area contributed by atoms with Crippen molar-refractivity contribution in [2.45, 2.75) is 12.8 Å². The van der Waals surface area contributed by atoms with Crippen LogP contribution in [0, 0.1) is 5.82 Å². The summed E-state index contributed by atoms with van der Waals surface area (Å²) < 4.78 is 29.6. The number of ether oxygens (including phenoxy) is 2. The molecule has 0 bridgehead atoms. The summed E-state index contributed by atoms with van der Waals surface area (Å²) >= 11 is 0. The van der Waals surface area contributed by atoms with Crippen LogP contribution in [0.15, 0.2) is 90.0 Å². The maximum atomic E-state index is 15.9. The fraction of sp³-hybridized carbons (Fsp3) is 0.270. The van der Waals surface area contributed by atoms with Crippen molar-refractivity contribution in [1.82, 2.24) is 19.4 Å². The second-order valence-electron chi connectivity index (χ2n) is 11.9. The molecular weight excluding hydrogens is 597 g/mol. The van der Waals surface area contributed by atoms with Crippen LogP contribution in [0.2, 0.25) is 0 Å². The molecule has 0 atom stereocenters. The maximum absolute atomic E-state index is 15.9. The van der Waals surface area contributed by atoms with E-state index >= 15 is 4.39 Å². The first-order valence-electron chi connectivity index (χ1n) is 16.0. The number of pyridine rings is 2. The highest BCUT2D eigenvalue weighted by Crippen LogP contribution is 2.46. The van der Waals surface area contributed by atoms with Crippen LogP contribution in [-0.2, 0) is 11.2 Å². The molecule has 5 aromatic rings. The van der Waals surface area contributed by atoms with Crippen LogP contribution in [-0.4, -0.2) is 78.2 Å². The Morgan fingerprint density at radius 2 is 1.83 bits per heavy atom. The number of amides is 1. The number of rotatable bonds is 10. The summed E-state index contributed by atoms with van der Waals surface area (Å²) in [6.07, 6.45) is 4.60. The molecule has 9 nitrogen and oxygen atoms in total. The van der Waals surface area contributed by atoms with Gasteiger partial charge in [0.1, 0.15) is 16.8 Å². The summed E-state index contributed by atoms with van der Waals surface area (Å²) in [6, 6.07) is 22.5. The number of halogens is 1. The Morgan fingerprint density at radius 3 is 2.62 bits per heavy atom. The lowest BCUT2D eigenvalue weighted by molar-refractivity contribution is 0.0378. The number of hydrogen-bond donors (Lipinski definition) is 1. The van der Waals surface area contributed by atoms with E-state index in [1.54, 1.807) is 24.0 Å². The standard InChI is InChI=1S/C37H36FN5O4/c1-41(17-13-27-10-5-6-14-39-27)37(45)29-24-43-31-22-26(25-8-3-2-4-9-25)11-12-32(31)47-36-33(30(38)23-28(34(36)43)35(29)44)40-15-7-16-42-18-20-46-21-19-42/h2-6,8-12,14,22-24,40H,7,13,15-21H2,1H3. The number of nitrogens with one attached hydrogen (secondary N) is 1. The van der Waals surface area contributed by atoms with Gasteiger partial charge in [-0.15, -0.1) is 0 Å². The quantitative estimate of drug-likeness (QED) is 0.192. The van der Waals surface area contributed by atoms with E-state index in [4.69, 9.17) is 9.47 Å². The molecule has 0 radical (unpaired) electrons. The third-order valence-corrected chi connectivity index (χ3v) is 8.80. The van der Waals surface area contributed by atoms with Crippen molar-refractivity contribution in [3.05, 3.63) is 112 Å². The molecule has 3 aromatic carbocycles. The predicted octanol–water partition coefficient (Wildman–Crippen LogP) is 5.75. The van der Waals surface area contributed by atoms with E-state index in [1.807, 2.05) is 66.7 Å². The number of benzene rings is 3. The third kappa shape index (κ3) is 6.22. The number of carbonyl (C=O) groups is 1. The average Bonchev–Trinajstić information content (AvgIpc) is 3.11. The maximum Gasteiger partial charge on any atom is 0.259 e. The number of fused-ring (bicyclic) bond motifs is 2. The molecule has 0 unspecified atom stereocenters. The van der Waals surface area contributed by atoms with Crippen molar-refractivity contribution < 1.29 is 18.7 Å². The molecule has 0 spiro atoms. The highest BCUT2D eigenvalue weighted by molar-refractivity contribution is 6.01. The van der Waals surface area contributed by atoms with Gasteiger partial charge in [-0.3, -0.25) is 19.5 Å². The molecule has 4 heterocycles. The summed E-state index contributed by atoms with van der Waals surface area (Å²) in [5.41, 5.74) is 3.45. The van der Waals surface area contributed by atoms with Gasteiger partial charge in [0.15, 0.2) is 17.3 Å². The Morgan fingerprint density at radius 1 is 1.02 bits per heavy atom. The Bertz CT molecular complexity index is 1980. The second kappa shape index (κ2) is 13.4. The van der Waals surface area contributed by atoms with Crippen LogP contribution in [0.3, 0.4) is 0 Å². The summed E-state index contributed by atoms with van der Waals surface area (Å²) in [5, 5.41) is 3.33. The molecule has 1 N–H and O–H groups in total. The Hall–Kier alpha value is -5.06. The average molecular weight is 634 g/mol. The van der Waals surface area contributed by atoms with Gasteiger partial charge in [-0.2, -0.15) is 0 Å². The number of anilines is 1. The Kier molecular flexibility index (Phi) is 8.69. The highest BCUT2D eigenvalue weighted by Gasteiger charge is 2.29. The van der Waals surface area contributed by atoms with Crippen LogP contribution in [0.5, 0.6) is 11.5 Å². The molecule has 1 amide bonds. The van der Waals surface area contributed by atoms with Crippen LogP contribution < -0.4 is 15.5 Å². The largest absolute Gasteiger partial charge is 0.451 e. The number of aromatic nitrogens is 2. The minimum absolute atomic E-state index is 0.0458. The zero-order chi connectivity index (χ0) is 32.3. The van der Waals surface area contributed by atoms with Gasteiger partial charge in [0, 0.05) is 57.7 Å². The zero-order valence-corrected chi connectivity index (χ0v) is 26.2. The van der Waals surface area contributed by atoms with Crippen molar-refractivity contribution in [1.29, 1.82) is 0 Å². The van der Waals surface area contributed by atoms with E-state index in [0.29, 0.717) is 36.5 Å². The number of likely N-dealkylation sites (N-methyl/N-ethyl adjacent to an activating group) is 1. The van der Waals surface area contributed by atoms with Crippen LogP contribution in [0.25, 0.3) is 27.7 Å². The van der Waals surface area contributed by atoms with Gasteiger partial charge in [-0.1, -0.05) is 42.5 Å². The first kappa shape index (κ1) is 30.6. The van der Waals surface area contributed by atoms with E-state index in [2.05, 4.69) is 15.2 Å². The first-order chi connectivity index (χ1) is 23.0. The third-order valence-electron chi connectivity index (χ3n) is 8.80. The van der Waals surface area contributed by atoms with Crippen LogP contribution in [0.4, 0.5) is 10.1 Å². The van der Waals surface area contributed by atoms with Gasteiger partial charge in [0.2, 0.25) is 5.43 Å². The van der Waals surface area contributed by atoms with Gasteiger partial charge in [0.25, 0.3) is 5.91 Å². The molecule has 1 fully saturated rings. The molecule has 2 aromatic heterocycles. The summed E-state index contributed by atoms with van der Waals surface area (Å²) in [5.74, 6) is -0.340. The van der Waals surface area contributed by atoms with E-state index in [9.17, 15) is 9.59 Å². The molecule has 240 valence electrons. The SMILES string of the molecule is CN(CCc1ccccn1)C(=O)c1cn2c3c(c(NCCCN4CCOCC4)c(F)cc3c1=O)Oc1ccc(-c3ccccc3)cc1-2. The monoisotopic (exact) mass is 633 g/mol. The lowest BCUT2D eigenvalue weighted by Gasteiger charge is -2.28. The molecule has 10 heteroatoms. The number of nitrogens with zero attached hydrogens (tertiary/aromatic N) is 4. The topological polar surface area (TPSA) is 88.9 Å². The molecule has 2 aliphatic rings. The molecule has 0 aliphatic carbocycles. The van der Waals surface area contributed by atoms with E-state index in [1.165, 1.54) is 11.0 Å². The molecule has 2 aliphatic heterocycles. The fourth-order valence-electron chi connectivity index (χ4n) is 6.22. The second-order valence-corrected chi connectivity index (χ2v) is 11.9. The van der Waals surface area contributed by atoms with Crippen LogP contribution >= 0.6 is 0 Å². The van der Waals surface area contributed by atoms with Gasteiger partial charge < -0.3 is 24.3 Å². The van der Waals surface area contributed by atoms with Gasteiger partial charge in [-0.05, 0) is 54.4 Å². The van der Waals surface area contributed by atoms with Crippen molar-refractivity contribution in [2.24, 2.45) is 0 Å². The fourth-order valence-corrected chi connectivity index (χ4v) is 6.22. The minimum atomic E-state index is -0.611. The van der Waals surface area contributed by atoms with Crippen molar-refractivity contribution in [3.8, 4) is 28.3 Å². The zero-order valence-electron chi connectivity index (χ0n) is 26.2. The highest BCUT2D eigenvalue weighted by atomic mass is 19.1. The van der Waals surface area contributed by atoms with Crippen LogP contribution in [0.1, 0.15) is 22.5 Å². The Balaban J connectivity index is 1.28. The predicted molar refractivity (Wildman–Crippen MR) is 180 cm³/mol. The molecule has 47 heavy (non-hydrogen) atoms. The summed E-state index contributed by atoms with van der Waals surface area (Å²) in [4.78, 5) is 35.9. The lowest BCUT2D eigenvalue weighted by atomic mass is 10.0. The van der Waals surface area contributed by atoms with Crippen molar-refractivity contribution in [3.63, 3.8) is 0 Å². The number of morpholine rings is 1. The van der Waals surface area contributed by atoms with E-state index in [-0.39, 0.29) is 22.4 Å². The Labute approximate surface area is 272 Å². The van der Waals surface area contributed by atoms with E-state index < -0.39 is 17.2 Å². The molecular formula is C37H36FN5O4. The van der Waals surface area contributed by atoms with Gasteiger partial charge >= 0.3 is 0 Å². The van der Waals surface area contributed by atoms with E-state index in [0.717, 1.165) is 56.1 Å². The smallest absolute Gasteiger partial charge is 0.259 e. The molecule has 0 saturated carbocycles. The lowest BCUT2D eigenvalue weighted by Crippen LogP contribution is -2.37. The number of carbonyl (C=O) groups excluding carboxylic acids is 1. The molecule has 1 saturated heterocycles. The van der Waals surface area contributed by atoms with Crippen molar-refractivity contribution in [2.75, 3.05) is 58.3 Å². The summed E-state index contributed by atoms with van der Waals surface area (Å²) in [7, 11) is 1.66. The first-order valence-corrected chi connectivity index (χ1v) is 16.0. The number of hydrogen-bond acceptors (Lipinski definition) is 7. The van der Waals surface area contributed by atoms with Gasteiger partial charge in [-0.25, -0.2) is 4.39 Å². The van der Waals surface area contributed by atoms with Crippen molar-refractivity contribution >= 4 is 22.5 Å². The molecule has 7 rings (SSSR count). The normalized spacial score (nSPS) is 14.0. The summed E-state index contributed by atoms with van der Waals surface area (Å²) in [6.45, 7) is 4.93.